The molecule has 4 aromatic rings. The number of nitrogens with one attached hydrogen (secondary N) is 1. The van der Waals surface area contributed by atoms with Gasteiger partial charge in [0.2, 0.25) is 10.0 Å². The highest BCUT2D eigenvalue weighted by molar-refractivity contribution is 7.89. The summed E-state index contributed by atoms with van der Waals surface area (Å²) in [5, 5.41) is 8.37. The molecule has 0 saturated heterocycles. The Morgan fingerprint density at radius 3 is 2.42 bits per heavy atom. The van der Waals surface area contributed by atoms with Gasteiger partial charge in [-0.05, 0) is 35.9 Å². The van der Waals surface area contributed by atoms with Crippen molar-refractivity contribution in [3.63, 3.8) is 0 Å². The topological polar surface area (TPSA) is 132 Å². The van der Waals surface area contributed by atoms with Crippen LogP contribution < -0.4 is 10.5 Å². The molecule has 2 heterocycles. The number of para-hydroxylation sites is 1. The van der Waals surface area contributed by atoms with Crippen molar-refractivity contribution in [2.24, 2.45) is 5.14 Å². The van der Waals surface area contributed by atoms with Gasteiger partial charge in [0.25, 0.3) is 5.91 Å². The smallest absolute Gasteiger partial charge is 0.339 e. The first-order valence-corrected chi connectivity index (χ1v) is 13.6. The van der Waals surface area contributed by atoms with Crippen molar-refractivity contribution in [1.82, 2.24) is 9.88 Å². The van der Waals surface area contributed by atoms with E-state index in [0.29, 0.717) is 35.1 Å². The Labute approximate surface area is 220 Å². The Morgan fingerprint density at radius 1 is 0.974 bits per heavy atom. The van der Waals surface area contributed by atoms with Gasteiger partial charge in [0.15, 0.2) is 6.61 Å². The van der Waals surface area contributed by atoms with E-state index in [1.165, 1.54) is 29.8 Å². The summed E-state index contributed by atoms with van der Waals surface area (Å²) in [7, 11) is -3.84. The van der Waals surface area contributed by atoms with Crippen molar-refractivity contribution in [3.8, 4) is 0 Å². The fourth-order valence-electron chi connectivity index (χ4n) is 4.58. The number of nitrogens with two attached hydrogens (primary N) is 1. The molecule has 1 amide bonds. The number of pyridine rings is 1. The quantitative estimate of drug-likeness (QED) is 0.351. The van der Waals surface area contributed by atoms with Crippen molar-refractivity contribution in [1.29, 1.82) is 0 Å². The van der Waals surface area contributed by atoms with Crippen molar-refractivity contribution >= 4 is 38.5 Å². The van der Waals surface area contributed by atoms with Crippen LogP contribution in [0, 0.1) is 0 Å². The zero-order valence-electron chi connectivity index (χ0n) is 20.5. The molecule has 0 aliphatic carbocycles. The molecule has 5 rings (SSSR count). The third kappa shape index (κ3) is 5.72. The summed E-state index contributed by atoms with van der Waals surface area (Å²) in [5.74, 6) is -1.15. The lowest BCUT2D eigenvalue weighted by molar-refractivity contribution is -0.119. The number of esters is 1. The van der Waals surface area contributed by atoms with E-state index in [1.54, 1.807) is 0 Å². The van der Waals surface area contributed by atoms with Gasteiger partial charge in [0.05, 0.1) is 16.0 Å². The number of anilines is 1. The first-order chi connectivity index (χ1) is 18.3. The summed E-state index contributed by atoms with van der Waals surface area (Å²) in [6.45, 7) is 1.59. The number of primary sulfonamides is 1. The predicted octanol–water partition coefficient (Wildman–Crippen LogP) is 3.24. The van der Waals surface area contributed by atoms with Gasteiger partial charge >= 0.3 is 5.97 Å². The molecular formula is C28H26N4O5S. The fourth-order valence-corrected chi connectivity index (χ4v) is 5.10. The van der Waals surface area contributed by atoms with Gasteiger partial charge in [-0.3, -0.25) is 14.7 Å². The minimum atomic E-state index is -3.84. The van der Waals surface area contributed by atoms with Crippen LogP contribution in [0.3, 0.4) is 0 Å². The summed E-state index contributed by atoms with van der Waals surface area (Å²) in [4.78, 5) is 32.9. The molecule has 3 aromatic carbocycles. The van der Waals surface area contributed by atoms with E-state index >= 15 is 0 Å². The molecule has 0 unspecified atom stereocenters. The van der Waals surface area contributed by atoms with Crippen molar-refractivity contribution in [3.05, 3.63) is 101 Å². The first-order valence-electron chi connectivity index (χ1n) is 12.0. The summed E-state index contributed by atoms with van der Waals surface area (Å²) in [6.07, 6.45) is 0.697. The minimum Gasteiger partial charge on any atom is -0.452 e. The molecule has 0 fully saturated rings. The lowest BCUT2D eigenvalue weighted by atomic mass is 9.95. The van der Waals surface area contributed by atoms with Crippen LogP contribution in [0.5, 0.6) is 0 Å². The van der Waals surface area contributed by atoms with Crippen LogP contribution in [0.15, 0.2) is 83.8 Å². The average molecular weight is 531 g/mol. The van der Waals surface area contributed by atoms with Crippen LogP contribution in [-0.2, 0) is 39.1 Å². The highest BCUT2D eigenvalue weighted by atomic mass is 32.2. The molecule has 3 N–H and O–H groups in total. The van der Waals surface area contributed by atoms with Crippen molar-refractivity contribution in [2.75, 3.05) is 18.5 Å². The predicted molar refractivity (Wildman–Crippen MR) is 143 cm³/mol. The van der Waals surface area contributed by atoms with Crippen LogP contribution in [0.25, 0.3) is 10.9 Å². The highest BCUT2D eigenvalue weighted by Gasteiger charge is 2.27. The molecule has 0 bridgehead atoms. The Hall–Kier alpha value is -4.12. The van der Waals surface area contributed by atoms with Crippen LogP contribution >= 0.6 is 0 Å². The summed E-state index contributed by atoms with van der Waals surface area (Å²) < 4.78 is 28.3. The molecule has 10 heteroatoms. The standard InChI is InChI=1S/C28H26N4O5S/c29-38(35,36)21-12-10-20(11-13-21)30-26(33)18-37-28(34)27-22-8-4-5-9-24(22)31-25-14-15-32(17-23(25)27)16-19-6-2-1-3-7-19/h1-13H,14-18H2,(H,30,33)(H2,29,35,36). The lowest BCUT2D eigenvalue weighted by Crippen LogP contribution is -2.32. The maximum absolute atomic E-state index is 13.4. The molecule has 0 spiro atoms. The van der Waals surface area contributed by atoms with E-state index in [0.717, 1.165) is 24.3 Å². The number of carbonyl (C=O) groups excluding carboxylic acids is 2. The van der Waals surface area contributed by atoms with Crippen LogP contribution in [0.2, 0.25) is 0 Å². The molecule has 9 nitrogen and oxygen atoms in total. The normalized spacial score (nSPS) is 13.6. The number of benzene rings is 3. The van der Waals surface area contributed by atoms with E-state index in [9.17, 15) is 18.0 Å². The first kappa shape index (κ1) is 25.5. The molecule has 1 aromatic heterocycles. The van der Waals surface area contributed by atoms with Gasteiger partial charge < -0.3 is 10.1 Å². The number of aromatic nitrogens is 1. The Bertz CT molecular complexity index is 1610. The van der Waals surface area contributed by atoms with Crippen LogP contribution in [0.4, 0.5) is 5.69 Å². The van der Waals surface area contributed by atoms with Gasteiger partial charge in [0.1, 0.15) is 0 Å². The van der Waals surface area contributed by atoms with Gasteiger partial charge in [-0.15, -0.1) is 0 Å². The summed E-state index contributed by atoms with van der Waals surface area (Å²) in [5.41, 5.74) is 4.33. The van der Waals surface area contributed by atoms with Gasteiger partial charge in [-0.25, -0.2) is 18.4 Å². The third-order valence-corrected chi connectivity index (χ3v) is 7.31. The number of fused-ring (bicyclic) bond motifs is 2. The lowest BCUT2D eigenvalue weighted by Gasteiger charge is -2.30. The highest BCUT2D eigenvalue weighted by Crippen LogP contribution is 2.29. The van der Waals surface area contributed by atoms with E-state index in [4.69, 9.17) is 14.9 Å². The number of amides is 1. The van der Waals surface area contributed by atoms with Crippen molar-refractivity contribution < 1.29 is 22.7 Å². The number of sulfonamides is 1. The van der Waals surface area contributed by atoms with Gasteiger partial charge in [0, 0.05) is 48.4 Å². The molecule has 38 heavy (non-hydrogen) atoms. The monoisotopic (exact) mass is 530 g/mol. The third-order valence-electron chi connectivity index (χ3n) is 6.38. The Balaban J connectivity index is 1.33. The molecule has 1 aliphatic rings. The van der Waals surface area contributed by atoms with E-state index in [-0.39, 0.29) is 4.90 Å². The SMILES string of the molecule is NS(=O)(=O)c1ccc(NC(=O)COC(=O)c2c3c(nc4ccccc24)CCN(Cc2ccccc2)C3)cc1. The maximum Gasteiger partial charge on any atom is 0.339 e. The number of hydrogen-bond donors (Lipinski definition) is 2. The maximum atomic E-state index is 13.4. The van der Waals surface area contributed by atoms with E-state index < -0.39 is 28.5 Å². The zero-order chi connectivity index (χ0) is 26.7. The number of carbonyl (C=O) groups is 2. The summed E-state index contributed by atoms with van der Waals surface area (Å²) in [6, 6.07) is 22.9. The summed E-state index contributed by atoms with van der Waals surface area (Å²) >= 11 is 0. The Kier molecular flexibility index (Phi) is 7.19. The molecule has 0 saturated carbocycles. The molecular weight excluding hydrogens is 504 g/mol. The minimum absolute atomic E-state index is 0.0717. The fraction of sp³-hybridized carbons (Fsp3) is 0.179. The molecule has 194 valence electrons. The van der Waals surface area contributed by atoms with Crippen molar-refractivity contribution in [2.45, 2.75) is 24.4 Å². The molecule has 0 atom stereocenters. The van der Waals surface area contributed by atoms with E-state index in [2.05, 4.69) is 22.3 Å². The molecule has 1 aliphatic heterocycles. The van der Waals surface area contributed by atoms with Crippen LogP contribution in [-0.4, -0.2) is 43.3 Å². The van der Waals surface area contributed by atoms with E-state index in [1.807, 2.05) is 42.5 Å². The number of hydrogen-bond acceptors (Lipinski definition) is 7. The average Bonchev–Trinajstić information content (AvgIpc) is 2.91. The second kappa shape index (κ2) is 10.7. The van der Waals surface area contributed by atoms with Gasteiger partial charge in [-0.1, -0.05) is 48.5 Å². The molecule has 0 radical (unpaired) electrons. The second-order valence-corrected chi connectivity index (χ2v) is 10.6. The zero-order valence-corrected chi connectivity index (χ0v) is 21.3. The largest absolute Gasteiger partial charge is 0.452 e. The van der Waals surface area contributed by atoms with Gasteiger partial charge in [-0.2, -0.15) is 0 Å². The second-order valence-electron chi connectivity index (χ2n) is 9.07. The number of ether oxygens (including phenoxy) is 1. The Morgan fingerprint density at radius 2 is 1.68 bits per heavy atom. The van der Waals surface area contributed by atoms with Crippen LogP contribution in [0.1, 0.15) is 27.2 Å². The number of nitrogens with zero attached hydrogens (tertiary/aromatic N) is 2. The number of rotatable bonds is 7.